The Balaban J connectivity index is 0.00000229. The zero-order chi connectivity index (χ0) is 22.6. The van der Waals surface area contributed by atoms with E-state index in [1.807, 2.05) is 42.5 Å². The summed E-state index contributed by atoms with van der Waals surface area (Å²) in [5.41, 5.74) is 7.09. The van der Waals surface area contributed by atoms with E-state index in [1.54, 1.807) is 18.2 Å². The molecule has 6 heteroatoms. The van der Waals surface area contributed by atoms with Gasteiger partial charge in [0.2, 0.25) is 5.89 Å². The molecule has 0 bridgehead atoms. The maximum Gasteiger partial charge on any atom is 0.230 e. The quantitative estimate of drug-likeness (QED) is 0.243. The summed E-state index contributed by atoms with van der Waals surface area (Å²) in [5, 5.41) is 10.2. The predicted octanol–water partition coefficient (Wildman–Crippen LogP) is 6.11. The van der Waals surface area contributed by atoms with Crippen LogP contribution >= 0.6 is 0 Å². The number of rotatable bonds is 3. The molecule has 0 radical (unpaired) electrons. The SMILES string of the molecule is Oc1ccccc1-c1nc2c(-c3[c-]c(C4=N[C@@H]5c6ccccc6C[C@@H]5O4)ccc3)cccc2o1.[Pt]. The molecule has 1 N–H and O–H groups in total. The molecule has 4 aromatic carbocycles. The third-order valence-corrected chi connectivity index (χ3v) is 6.54. The first-order valence-electron chi connectivity index (χ1n) is 11.3. The molecule has 0 saturated carbocycles. The number of nitrogens with zero attached hydrogens (tertiary/aromatic N) is 2. The zero-order valence-corrected chi connectivity index (χ0v) is 20.7. The van der Waals surface area contributed by atoms with E-state index in [-0.39, 0.29) is 39.0 Å². The molecule has 0 amide bonds. The molecule has 5 aromatic rings. The Labute approximate surface area is 216 Å². The molecule has 174 valence electrons. The van der Waals surface area contributed by atoms with Gasteiger partial charge in [-0.05, 0) is 29.3 Å². The molecular formula is C29H19N2O3Pt-. The Morgan fingerprint density at radius 2 is 1.60 bits per heavy atom. The number of phenolic OH excluding ortho intramolecular Hbond substituents is 1. The summed E-state index contributed by atoms with van der Waals surface area (Å²) in [6, 6.07) is 30.7. The van der Waals surface area contributed by atoms with Crippen molar-refractivity contribution in [1.82, 2.24) is 4.98 Å². The largest absolute Gasteiger partial charge is 0.507 e. The number of aliphatic imine (C=N–C) groups is 1. The first kappa shape index (κ1) is 21.8. The van der Waals surface area contributed by atoms with E-state index in [4.69, 9.17) is 19.1 Å². The van der Waals surface area contributed by atoms with Crippen LogP contribution < -0.4 is 0 Å². The van der Waals surface area contributed by atoms with E-state index >= 15 is 0 Å². The fraction of sp³-hybridized carbons (Fsp3) is 0.103. The second kappa shape index (κ2) is 8.51. The Morgan fingerprint density at radius 1 is 0.829 bits per heavy atom. The van der Waals surface area contributed by atoms with Gasteiger partial charge in [0.05, 0.1) is 11.1 Å². The predicted molar refractivity (Wildman–Crippen MR) is 130 cm³/mol. The number of aromatic hydroxyl groups is 1. The van der Waals surface area contributed by atoms with Crippen LogP contribution in [0.2, 0.25) is 0 Å². The second-order valence-electron chi connectivity index (χ2n) is 8.60. The average molecular weight is 639 g/mol. The van der Waals surface area contributed by atoms with Crippen LogP contribution in [0.5, 0.6) is 5.75 Å². The minimum Gasteiger partial charge on any atom is -0.507 e. The average Bonchev–Trinajstić information content (AvgIpc) is 3.57. The topological polar surface area (TPSA) is 67.9 Å². The van der Waals surface area contributed by atoms with Crippen LogP contribution in [0, 0.1) is 6.07 Å². The number of phenols is 1. The summed E-state index contributed by atoms with van der Waals surface area (Å²) in [6.07, 6.45) is 0.922. The van der Waals surface area contributed by atoms with Gasteiger partial charge in [-0.1, -0.05) is 59.7 Å². The Bertz CT molecular complexity index is 1610. The van der Waals surface area contributed by atoms with Crippen molar-refractivity contribution >= 4 is 17.0 Å². The summed E-state index contributed by atoms with van der Waals surface area (Å²) in [6.45, 7) is 0. The summed E-state index contributed by atoms with van der Waals surface area (Å²) in [7, 11) is 0. The van der Waals surface area contributed by atoms with Crippen LogP contribution in [0.25, 0.3) is 33.7 Å². The third-order valence-electron chi connectivity index (χ3n) is 6.54. The number of hydrogen-bond donors (Lipinski definition) is 1. The molecule has 1 aliphatic heterocycles. The van der Waals surface area contributed by atoms with Crippen molar-refractivity contribution in [1.29, 1.82) is 0 Å². The molecule has 2 heterocycles. The monoisotopic (exact) mass is 638 g/mol. The molecule has 2 aliphatic rings. The van der Waals surface area contributed by atoms with Crippen LogP contribution in [0.15, 0.2) is 94.3 Å². The van der Waals surface area contributed by atoms with Crippen molar-refractivity contribution < 1.29 is 35.3 Å². The van der Waals surface area contributed by atoms with E-state index in [9.17, 15) is 5.11 Å². The molecule has 1 aliphatic carbocycles. The molecule has 0 fully saturated rings. The molecule has 0 unspecified atom stereocenters. The first-order chi connectivity index (χ1) is 16.7. The Kier molecular flexibility index (Phi) is 5.30. The van der Waals surface area contributed by atoms with E-state index in [0.29, 0.717) is 28.5 Å². The summed E-state index contributed by atoms with van der Waals surface area (Å²) >= 11 is 0. The molecule has 2 atom stereocenters. The molecule has 35 heavy (non-hydrogen) atoms. The summed E-state index contributed by atoms with van der Waals surface area (Å²) in [5.74, 6) is 1.15. The van der Waals surface area contributed by atoms with Gasteiger partial charge in [-0.3, -0.25) is 4.99 Å². The normalized spacial score (nSPS) is 17.9. The van der Waals surface area contributed by atoms with Crippen molar-refractivity contribution in [3.63, 3.8) is 0 Å². The standard InChI is InChI=1S/C29H19N2O3.Pt/c32-23-13-4-3-11-22(23)29-31-26-21(12-6-14-24(26)33-29)17-8-5-9-19(15-17)28-30-27-20-10-2-1-7-18(20)16-25(27)34-28;/h1-14,25,27,32H,16H2;/q-1;/t25-,27+;/m0./s1. The van der Waals surface area contributed by atoms with Gasteiger partial charge in [0.25, 0.3) is 0 Å². The van der Waals surface area contributed by atoms with Gasteiger partial charge in [-0.25, -0.2) is 4.98 Å². The molecule has 5 nitrogen and oxygen atoms in total. The zero-order valence-electron chi connectivity index (χ0n) is 18.4. The number of para-hydroxylation sites is 2. The summed E-state index contributed by atoms with van der Waals surface area (Å²) < 4.78 is 12.2. The number of oxazole rings is 1. The smallest absolute Gasteiger partial charge is 0.230 e. The van der Waals surface area contributed by atoms with Crippen LogP contribution in [0.3, 0.4) is 0 Å². The van der Waals surface area contributed by atoms with Crippen molar-refractivity contribution in [2.24, 2.45) is 4.99 Å². The van der Waals surface area contributed by atoms with Crippen LogP contribution in [0.4, 0.5) is 0 Å². The fourth-order valence-corrected chi connectivity index (χ4v) is 4.92. The third kappa shape index (κ3) is 3.59. The van der Waals surface area contributed by atoms with Gasteiger partial charge < -0.3 is 14.3 Å². The molecular weight excluding hydrogens is 619 g/mol. The number of aromatic nitrogens is 1. The van der Waals surface area contributed by atoms with Crippen molar-refractivity contribution in [3.05, 3.63) is 108 Å². The van der Waals surface area contributed by atoms with Gasteiger partial charge in [0.1, 0.15) is 29.4 Å². The van der Waals surface area contributed by atoms with Gasteiger partial charge in [-0.2, -0.15) is 0 Å². The van der Waals surface area contributed by atoms with E-state index in [0.717, 1.165) is 23.1 Å². The molecule has 0 saturated heterocycles. The van der Waals surface area contributed by atoms with Gasteiger partial charge >= 0.3 is 0 Å². The van der Waals surface area contributed by atoms with Crippen molar-refractivity contribution in [2.75, 3.05) is 0 Å². The van der Waals surface area contributed by atoms with Crippen molar-refractivity contribution in [3.8, 4) is 28.3 Å². The Morgan fingerprint density at radius 3 is 2.51 bits per heavy atom. The number of fused-ring (bicyclic) bond motifs is 4. The van der Waals surface area contributed by atoms with Crippen molar-refractivity contribution in [2.45, 2.75) is 18.6 Å². The van der Waals surface area contributed by atoms with E-state index < -0.39 is 0 Å². The number of ether oxygens (including phenoxy) is 1. The fourth-order valence-electron chi connectivity index (χ4n) is 4.92. The van der Waals surface area contributed by atoms with Crippen LogP contribution in [-0.2, 0) is 32.2 Å². The minimum atomic E-state index is 0. The maximum absolute atomic E-state index is 10.2. The first-order valence-corrected chi connectivity index (χ1v) is 11.3. The number of benzene rings is 4. The molecule has 1 aromatic heterocycles. The van der Waals surface area contributed by atoms with Gasteiger partial charge in [0, 0.05) is 27.5 Å². The second-order valence-corrected chi connectivity index (χ2v) is 8.60. The van der Waals surface area contributed by atoms with E-state index in [1.165, 1.54) is 11.1 Å². The van der Waals surface area contributed by atoms with Gasteiger partial charge in [-0.15, -0.1) is 29.8 Å². The molecule has 0 spiro atoms. The Hall–Kier alpha value is -3.69. The van der Waals surface area contributed by atoms with E-state index in [2.05, 4.69) is 30.3 Å². The maximum atomic E-state index is 10.2. The minimum absolute atomic E-state index is 0. The molecule has 7 rings (SSSR count). The summed E-state index contributed by atoms with van der Waals surface area (Å²) in [4.78, 5) is 9.62. The van der Waals surface area contributed by atoms with Crippen LogP contribution in [0.1, 0.15) is 22.7 Å². The van der Waals surface area contributed by atoms with Crippen LogP contribution in [-0.4, -0.2) is 22.1 Å². The van der Waals surface area contributed by atoms with Gasteiger partial charge in [0.15, 0.2) is 0 Å². The number of hydrogen-bond acceptors (Lipinski definition) is 5.